The van der Waals surface area contributed by atoms with Crippen LogP contribution in [-0.4, -0.2) is 52.9 Å². The summed E-state index contributed by atoms with van der Waals surface area (Å²) >= 11 is 0. The highest BCUT2D eigenvalue weighted by atomic mass is 32.2. The number of hydrogen-bond donors (Lipinski definition) is 3. The third-order valence-electron chi connectivity index (χ3n) is 3.34. The molecule has 1 rings (SSSR count). The van der Waals surface area contributed by atoms with Gasteiger partial charge in [-0.15, -0.1) is 0 Å². The molecule has 142 valence electrons. The summed E-state index contributed by atoms with van der Waals surface area (Å²) in [6, 6.07) is 7.93. The average molecular weight is 371 g/mol. The standard InChI is InChI=1S/C17H30N4O3S/c1-4-18-17(19-11-6-12-21-25(22,23)5-2)20-13-14-24-16-9-7-15(3)8-10-16/h7-10,21H,4-6,11-14H2,1-3H3,(H2,18,19,20). The molecule has 0 amide bonds. The molecule has 7 nitrogen and oxygen atoms in total. The molecule has 0 fully saturated rings. The number of guanidine groups is 1. The summed E-state index contributed by atoms with van der Waals surface area (Å²) in [5.41, 5.74) is 1.20. The molecule has 0 unspecified atom stereocenters. The molecular weight excluding hydrogens is 340 g/mol. The van der Waals surface area contributed by atoms with Crippen LogP contribution in [0.5, 0.6) is 5.75 Å². The molecule has 1 aromatic carbocycles. The van der Waals surface area contributed by atoms with Crippen molar-refractivity contribution in [3.63, 3.8) is 0 Å². The molecule has 0 saturated heterocycles. The average Bonchev–Trinajstić information content (AvgIpc) is 2.59. The van der Waals surface area contributed by atoms with Gasteiger partial charge in [-0.25, -0.2) is 13.1 Å². The molecule has 0 aliphatic heterocycles. The number of aliphatic imine (C=N–C) groups is 1. The monoisotopic (exact) mass is 370 g/mol. The van der Waals surface area contributed by atoms with Gasteiger partial charge in [0.05, 0.1) is 12.3 Å². The molecule has 0 spiro atoms. The van der Waals surface area contributed by atoms with Crippen molar-refractivity contribution in [2.24, 2.45) is 4.99 Å². The van der Waals surface area contributed by atoms with Crippen molar-refractivity contribution in [3.05, 3.63) is 29.8 Å². The second-order valence-corrected chi connectivity index (χ2v) is 7.60. The van der Waals surface area contributed by atoms with E-state index in [1.54, 1.807) is 6.92 Å². The van der Waals surface area contributed by atoms with Crippen LogP contribution in [0.2, 0.25) is 0 Å². The van der Waals surface area contributed by atoms with Crippen LogP contribution in [0.1, 0.15) is 25.8 Å². The Morgan fingerprint density at radius 1 is 1.12 bits per heavy atom. The highest BCUT2D eigenvalue weighted by molar-refractivity contribution is 7.89. The van der Waals surface area contributed by atoms with Crippen LogP contribution >= 0.6 is 0 Å². The van der Waals surface area contributed by atoms with Crippen LogP contribution in [0, 0.1) is 6.92 Å². The van der Waals surface area contributed by atoms with Gasteiger partial charge in [-0.3, -0.25) is 4.99 Å². The van der Waals surface area contributed by atoms with E-state index in [0.717, 1.165) is 12.3 Å². The van der Waals surface area contributed by atoms with E-state index in [-0.39, 0.29) is 5.75 Å². The Bertz CT molecular complexity index is 615. The van der Waals surface area contributed by atoms with Gasteiger partial charge in [0.25, 0.3) is 0 Å². The third kappa shape index (κ3) is 9.93. The zero-order chi connectivity index (χ0) is 18.5. The number of sulfonamides is 1. The topological polar surface area (TPSA) is 91.8 Å². The van der Waals surface area contributed by atoms with Crippen molar-refractivity contribution in [3.8, 4) is 5.75 Å². The maximum atomic E-state index is 11.3. The van der Waals surface area contributed by atoms with Gasteiger partial charge in [-0.2, -0.15) is 0 Å². The summed E-state index contributed by atoms with van der Waals surface area (Å²) in [4.78, 5) is 4.42. The number of rotatable bonds is 11. The summed E-state index contributed by atoms with van der Waals surface area (Å²) in [6.07, 6.45) is 0.648. The van der Waals surface area contributed by atoms with Crippen LogP contribution in [-0.2, 0) is 10.0 Å². The first kappa shape index (κ1) is 21.2. The van der Waals surface area contributed by atoms with Gasteiger partial charge in [0, 0.05) is 19.6 Å². The minimum Gasteiger partial charge on any atom is -0.492 e. The molecule has 0 aromatic heterocycles. The second-order valence-electron chi connectivity index (χ2n) is 5.50. The van der Waals surface area contributed by atoms with Gasteiger partial charge in [0.2, 0.25) is 10.0 Å². The van der Waals surface area contributed by atoms with E-state index in [4.69, 9.17) is 4.74 Å². The lowest BCUT2D eigenvalue weighted by Crippen LogP contribution is -2.39. The number of aryl methyl sites for hydroxylation is 1. The molecule has 1 aromatic rings. The number of hydrogen-bond acceptors (Lipinski definition) is 4. The molecule has 0 bridgehead atoms. The smallest absolute Gasteiger partial charge is 0.211 e. The molecule has 25 heavy (non-hydrogen) atoms. The van der Waals surface area contributed by atoms with Crippen LogP contribution in [0.4, 0.5) is 0 Å². The van der Waals surface area contributed by atoms with Gasteiger partial charge < -0.3 is 15.4 Å². The minimum atomic E-state index is -3.12. The molecule has 3 N–H and O–H groups in total. The predicted molar refractivity (Wildman–Crippen MR) is 103 cm³/mol. The van der Waals surface area contributed by atoms with Crippen molar-refractivity contribution < 1.29 is 13.2 Å². The van der Waals surface area contributed by atoms with Gasteiger partial charge in [0.15, 0.2) is 5.96 Å². The summed E-state index contributed by atoms with van der Waals surface area (Å²) in [7, 11) is -3.12. The third-order valence-corrected chi connectivity index (χ3v) is 4.74. The SMILES string of the molecule is CCNC(=NCCCNS(=O)(=O)CC)NCCOc1ccc(C)cc1. The second kappa shape index (κ2) is 11.7. The number of ether oxygens (including phenoxy) is 1. The van der Waals surface area contributed by atoms with Gasteiger partial charge in [-0.05, 0) is 39.3 Å². The zero-order valence-electron chi connectivity index (χ0n) is 15.3. The highest BCUT2D eigenvalue weighted by Gasteiger charge is 2.04. The molecule has 0 aliphatic carbocycles. The van der Waals surface area contributed by atoms with E-state index in [2.05, 4.69) is 20.3 Å². The lowest BCUT2D eigenvalue weighted by Gasteiger charge is -2.12. The predicted octanol–water partition coefficient (Wildman–Crippen LogP) is 1.26. The van der Waals surface area contributed by atoms with Crippen molar-refractivity contribution in [1.82, 2.24) is 15.4 Å². The van der Waals surface area contributed by atoms with E-state index < -0.39 is 10.0 Å². The van der Waals surface area contributed by atoms with Crippen LogP contribution < -0.4 is 20.1 Å². The van der Waals surface area contributed by atoms with Crippen molar-refractivity contribution >= 4 is 16.0 Å². The van der Waals surface area contributed by atoms with E-state index in [9.17, 15) is 8.42 Å². The fourth-order valence-electron chi connectivity index (χ4n) is 1.91. The molecule has 0 radical (unpaired) electrons. The fraction of sp³-hybridized carbons (Fsp3) is 0.588. The van der Waals surface area contributed by atoms with Crippen molar-refractivity contribution in [1.29, 1.82) is 0 Å². The van der Waals surface area contributed by atoms with Gasteiger partial charge in [0.1, 0.15) is 12.4 Å². The van der Waals surface area contributed by atoms with Gasteiger partial charge in [-0.1, -0.05) is 17.7 Å². The summed E-state index contributed by atoms with van der Waals surface area (Å²) in [6.45, 7) is 8.51. The number of nitrogens with zero attached hydrogens (tertiary/aromatic N) is 1. The van der Waals surface area contributed by atoms with Crippen LogP contribution in [0.3, 0.4) is 0 Å². The summed E-state index contributed by atoms with van der Waals surface area (Å²) in [5.74, 6) is 1.65. The molecular formula is C17H30N4O3S. The lowest BCUT2D eigenvalue weighted by molar-refractivity contribution is 0.322. The Kier molecular flexibility index (Phi) is 9.94. The minimum absolute atomic E-state index is 0.0987. The molecule has 0 saturated carbocycles. The van der Waals surface area contributed by atoms with Crippen LogP contribution in [0.15, 0.2) is 29.3 Å². The number of nitrogens with one attached hydrogen (secondary N) is 3. The Balaban J connectivity index is 2.27. The molecule has 0 heterocycles. The van der Waals surface area contributed by atoms with E-state index in [0.29, 0.717) is 38.6 Å². The highest BCUT2D eigenvalue weighted by Crippen LogP contribution is 2.10. The van der Waals surface area contributed by atoms with Gasteiger partial charge >= 0.3 is 0 Å². The first-order chi connectivity index (χ1) is 12.0. The molecule has 8 heteroatoms. The quantitative estimate of drug-likeness (QED) is 0.310. The fourth-order valence-corrected chi connectivity index (χ4v) is 2.57. The first-order valence-corrected chi connectivity index (χ1v) is 10.3. The van der Waals surface area contributed by atoms with E-state index >= 15 is 0 Å². The van der Waals surface area contributed by atoms with Crippen LogP contribution in [0.25, 0.3) is 0 Å². The largest absolute Gasteiger partial charge is 0.492 e. The summed E-state index contributed by atoms with van der Waals surface area (Å²) in [5, 5.41) is 6.35. The summed E-state index contributed by atoms with van der Waals surface area (Å²) < 4.78 is 30.8. The Morgan fingerprint density at radius 3 is 2.48 bits per heavy atom. The zero-order valence-corrected chi connectivity index (χ0v) is 16.2. The first-order valence-electron chi connectivity index (χ1n) is 8.66. The number of benzene rings is 1. The normalized spacial score (nSPS) is 12.0. The maximum absolute atomic E-state index is 11.3. The molecule has 0 aliphatic rings. The molecule has 0 atom stereocenters. The van der Waals surface area contributed by atoms with E-state index in [1.807, 2.05) is 38.1 Å². The lowest BCUT2D eigenvalue weighted by atomic mass is 10.2. The Morgan fingerprint density at radius 2 is 1.84 bits per heavy atom. The van der Waals surface area contributed by atoms with Crippen molar-refractivity contribution in [2.45, 2.75) is 27.2 Å². The van der Waals surface area contributed by atoms with Crippen molar-refractivity contribution in [2.75, 3.05) is 38.5 Å². The Labute approximate surface area is 151 Å². The maximum Gasteiger partial charge on any atom is 0.211 e. The van der Waals surface area contributed by atoms with E-state index in [1.165, 1.54) is 5.56 Å². The Hall–Kier alpha value is -1.80.